The van der Waals surface area contributed by atoms with Gasteiger partial charge in [0.25, 0.3) is 5.91 Å². The minimum atomic E-state index is -0.486. The number of hydrogen-bond donors (Lipinski definition) is 1. The van der Waals surface area contributed by atoms with E-state index in [-0.39, 0.29) is 25.0 Å². The van der Waals surface area contributed by atoms with Crippen LogP contribution < -0.4 is 10.1 Å². The van der Waals surface area contributed by atoms with Crippen molar-refractivity contribution in [3.8, 4) is 16.3 Å². The van der Waals surface area contributed by atoms with E-state index < -0.39 is 5.97 Å². The van der Waals surface area contributed by atoms with Crippen LogP contribution in [0, 0.1) is 5.92 Å². The number of aromatic nitrogens is 1. The second-order valence-electron chi connectivity index (χ2n) is 8.07. The van der Waals surface area contributed by atoms with E-state index in [4.69, 9.17) is 9.47 Å². The van der Waals surface area contributed by atoms with E-state index in [0.29, 0.717) is 18.2 Å². The number of esters is 1. The van der Waals surface area contributed by atoms with Crippen LogP contribution in [0.25, 0.3) is 10.6 Å². The summed E-state index contributed by atoms with van der Waals surface area (Å²) in [5, 5.41) is 5.59. The third-order valence-corrected chi connectivity index (χ3v) is 5.83. The molecule has 33 heavy (non-hydrogen) atoms. The van der Waals surface area contributed by atoms with Gasteiger partial charge in [0.2, 0.25) is 0 Å². The summed E-state index contributed by atoms with van der Waals surface area (Å²) >= 11 is 1.44. The van der Waals surface area contributed by atoms with Crippen molar-refractivity contribution in [3.05, 3.63) is 71.2 Å². The molecule has 6 nitrogen and oxygen atoms in total. The van der Waals surface area contributed by atoms with Crippen molar-refractivity contribution in [2.75, 3.05) is 13.2 Å². The number of ether oxygens (including phenoxy) is 2. The van der Waals surface area contributed by atoms with Crippen LogP contribution in [-0.4, -0.2) is 30.1 Å². The Bertz CT molecular complexity index is 1050. The van der Waals surface area contributed by atoms with Crippen LogP contribution in [-0.2, 0) is 20.7 Å². The molecule has 3 rings (SSSR count). The number of nitrogens with one attached hydrogen (secondary N) is 1. The Morgan fingerprint density at radius 1 is 1.06 bits per heavy atom. The van der Waals surface area contributed by atoms with Crippen LogP contribution in [0.2, 0.25) is 0 Å². The van der Waals surface area contributed by atoms with Gasteiger partial charge in [0.1, 0.15) is 10.8 Å². The number of carbonyl (C=O) groups excluding carboxylic acids is 2. The maximum Gasteiger partial charge on any atom is 0.312 e. The molecule has 1 aromatic heterocycles. The lowest BCUT2D eigenvalue weighted by Crippen LogP contribution is -2.33. The minimum absolute atomic E-state index is 0.00862. The first-order valence-electron chi connectivity index (χ1n) is 11.1. The minimum Gasteiger partial charge on any atom is -0.493 e. The van der Waals surface area contributed by atoms with E-state index in [1.165, 1.54) is 11.3 Å². The molecule has 0 spiro atoms. The van der Waals surface area contributed by atoms with Gasteiger partial charge < -0.3 is 14.8 Å². The Kier molecular flexibility index (Phi) is 9.01. The molecule has 0 aliphatic heterocycles. The first-order valence-corrected chi connectivity index (χ1v) is 12.0. The van der Waals surface area contributed by atoms with Crippen molar-refractivity contribution < 1.29 is 19.1 Å². The molecule has 0 saturated heterocycles. The fourth-order valence-electron chi connectivity index (χ4n) is 3.45. The first-order chi connectivity index (χ1) is 16.0. The van der Waals surface area contributed by atoms with Gasteiger partial charge in [-0.05, 0) is 37.0 Å². The smallest absolute Gasteiger partial charge is 0.312 e. The van der Waals surface area contributed by atoms with Crippen molar-refractivity contribution in [2.24, 2.45) is 5.92 Å². The highest BCUT2D eigenvalue weighted by molar-refractivity contribution is 7.13. The van der Waals surface area contributed by atoms with E-state index in [2.05, 4.69) is 24.1 Å². The fraction of sp³-hybridized carbons (Fsp3) is 0.346. The molecule has 0 fully saturated rings. The average Bonchev–Trinajstić information content (AvgIpc) is 3.26. The number of thiazole rings is 1. The Morgan fingerprint density at radius 2 is 1.79 bits per heavy atom. The molecule has 3 aromatic rings. The quantitative estimate of drug-likeness (QED) is 0.393. The molecule has 0 radical (unpaired) electrons. The van der Waals surface area contributed by atoms with Crippen molar-refractivity contribution >= 4 is 23.2 Å². The van der Waals surface area contributed by atoms with Crippen LogP contribution >= 0.6 is 11.3 Å². The van der Waals surface area contributed by atoms with Crippen molar-refractivity contribution in [3.63, 3.8) is 0 Å². The monoisotopic (exact) mass is 466 g/mol. The lowest BCUT2D eigenvalue weighted by atomic mass is 9.97. The van der Waals surface area contributed by atoms with Gasteiger partial charge in [0.05, 0.1) is 30.3 Å². The lowest BCUT2D eigenvalue weighted by molar-refractivity contribution is -0.148. The SMILES string of the molecule is CCOc1ccccc1-c1nc(CC(=O)OCC(=O)NC(CC(C)C)c2ccccc2)cs1. The summed E-state index contributed by atoms with van der Waals surface area (Å²) in [6, 6.07) is 17.4. The number of amides is 1. The highest BCUT2D eigenvalue weighted by Crippen LogP contribution is 2.32. The van der Waals surface area contributed by atoms with Crippen molar-refractivity contribution in [1.82, 2.24) is 10.3 Å². The zero-order chi connectivity index (χ0) is 23.6. The molecule has 1 amide bonds. The second-order valence-corrected chi connectivity index (χ2v) is 8.93. The molecule has 1 heterocycles. The number of carbonyl (C=O) groups is 2. The van der Waals surface area contributed by atoms with Crippen LogP contribution in [0.5, 0.6) is 5.75 Å². The second kappa shape index (κ2) is 12.2. The zero-order valence-corrected chi connectivity index (χ0v) is 20.1. The standard InChI is InChI=1S/C26H30N2O4S/c1-4-31-23-13-9-8-12-21(23)26-27-20(17-33-26)15-25(30)32-16-24(29)28-22(14-18(2)3)19-10-6-5-7-11-19/h5-13,17-18,22H,4,14-16H2,1-3H3,(H,28,29). The van der Waals surface area contributed by atoms with Gasteiger partial charge in [-0.2, -0.15) is 0 Å². The molecule has 0 aliphatic rings. The van der Waals surface area contributed by atoms with Gasteiger partial charge in [0, 0.05) is 5.38 Å². The molecule has 7 heteroatoms. The summed E-state index contributed by atoms with van der Waals surface area (Å²) in [7, 11) is 0. The van der Waals surface area contributed by atoms with Crippen LogP contribution in [0.3, 0.4) is 0 Å². The average molecular weight is 467 g/mol. The summed E-state index contributed by atoms with van der Waals surface area (Å²) in [6.45, 7) is 6.39. The molecule has 0 aliphatic carbocycles. The van der Waals surface area contributed by atoms with Gasteiger partial charge in [0.15, 0.2) is 6.61 Å². The van der Waals surface area contributed by atoms with Crippen LogP contribution in [0.4, 0.5) is 0 Å². The maximum atomic E-state index is 12.4. The van der Waals surface area contributed by atoms with Gasteiger partial charge in [-0.1, -0.05) is 56.3 Å². The molecular weight excluding hydrogens is 436 g/mol. The van der Waals surface area contributed by atoms with Gasteiger partial charge in [-0.15, -0.1) is 11.3 Å². The molecule has 0 bridgehead atoms. The van der Waals surface area contributed by atoms with E-state index in [9.17, 15) is 9.59 Å². The molecular formula is C26H30N2O4S. The van der Waals surface area contributed by atoms with E-state index in [0.717, 1.165) is 28.3 Å². The highest BCUT2D eigenvalue weighted by atomic mass is 32.1. The van der Waals surface area contributed by atoms with E-state index in [1.54, 1.807) is 0 Å². The number of hydrogen-bond acceptors (Lipinski definition) is 6. The summed E-state index contributed by atoms with van der Waals surface area (Å²) < 4.78 is 10.9. The van der Waals surface area contributed by atoms with Gasteiger partial charge in [-0.25, -0.2) is 4.98 Å². The number of nitrogens with zero attached hydrogens (tertiary/aromatic N) is 1. The Morgan fingerprint density at radius 3 is 2.52 bits per heavy atom. The summed E-state index contributed by atoms with van der Waals surface area (Å²) in [5.41, 5.74) is 2.53. The van der Waals surface area contributed by atoms with E-state index in [1.807, 2.05) is 66.9 Å². The third kappa shape index (κ3) is 7.43. The lowest BCUT2D eigenvalue weighted by Gasteiger charge is -2.21. The number of para-hydroxylation sites is 1. The predicted molar refractivity (Wildman–Crippen MR) is 130 cm³/mol. The van der Waals surface area contributed by atoms with Crippen molar-refractivity contribution in [1.29, 1.82) is 0 Å². The highest BCUT2D eigenvalue weighted by Gasteiger charge is 2.18. The maximum absolute atomic E-state index is 12.4. The normalized spacial score (nSPS) is 11.8. The molecule has 1 atom stereocenters. The number of benzene rings is 2. The molecule has 1 N–H and O–H groups in total. The van der Waals surface area contributed by atoms with Crippen molar-refractivity contribution in [2.45, 2.75) is 39.7 Å². The van der Waals surface area contributed by atoms with Gasteiger partial charge in [-0.3, -0.25) is 9.59 Å². The molecule has 2 aromatic carbocycles. The molecule has 1 unspecified atom stereocenters. The third-order valence-electron chi connectivity index (χ3n) is 4.90. The zero-order valence-electron chi connectivity index (χ0n) is 19.2. The first kappa shape index (κ1) is 24.5. The summed E-state index contributed by atoms with van der Waals surface area (Å²) in [5.74, 6) is 0.363. The Labute approximate surface area is 199 Å². The largest absolute Gasteiger partial charge is 0.493 e. The fourth-order valence-corrected chi connectivity index (χ4v) is 4.30. The number of rotatable bonds is 11. The summed E-state index contributed by atoms with van der Waals surface area (Å²) in [6.07, 6.45) is 0.809. The molecule has 0 saturated carbocycles. The Hall–Kier alpha value is -3.19. The van der Waals surface area contributed by atoms with E-state index >= 15 is 0 Å². The molecule has 174 valence electrons. The van der Waals surface area contributed by atoms with Crippen LogP contribution in [0.1, 0.15) is 44.5 Å². The van der Waals surface area contributed by atoms with Crippen LogP contribution in [0.15, 0.2) is 60.0 Å². The summed E-state index contributed by atoms with van der Waals surface area (Å²) in [4.78, 5) is 29.3. The Balaban J connectivity index is 1.54. The van der Waals surface area contributed by atoms with Gasteiger partial charge >= 0.3 is 5.97 Å². The topological polar surface area (TPSA) is 77.5 Å². The predicted octanol–water partition coefficient (Wildman–Crippen LogP) is 5.20.